The van der Waals surface area contributed by atoms with Crippen LogP contribution in [-0.4, -0.2) is 6.61 Å². The molecule has 0 N–H and O–H groups in total. The van der Waals surface area contributed by atoms with Crippen LogP contribution >= 0.6 is 45.8 Å². The summed E-state index contributed by atoms with van der Waals surface area (Å²) in [4.78, 5) is 0. The van der Waals surface area contributed by atoms with Crippen LogP contribution in [-0.2, 0) is 6.61 Å². The molecule has 3 rings (SSSR count). The van der Waals surface area contributed by atoms with E-state index in [1.165, 1.54) is 0 Å². The molecule has 3 aromatic carbocycles. The zero-order valence-corrected chi connectivity index (χ0v) is 19.8. The second-order valence-electron chi connectivity index (χ2n) is 6.32. The van der Waals surface area contributed by atoms with E-state index in [-0.39, 0.29) is 6.61 Å². The third-order valence-electron chi connectivity index (χ3n) is 4.24. The van der Waals surface area contributed by atoms with Gasteiger partial charge in [-0.3, -0.25) is 0 Å². The highest BCUT2D eigenvalue weighted by atomic mass is 127. The van der Waals surface area contributed by atoms with Crippen LogP contribution in [0, 0.1) is 14.9 Å². The number of nitrogens with zero attached hydrogens (tertiary/aromatic N) is 1. The van der Waals surface area contributed by atoms with Crippen molar-refractivity contribution in [2.24, 2.45) is 0 Å². The molecule has 0 aromatic heterocycles. The summed E-state index contributed by atoms with van der Waals surface area (Å²) in [5.74, 6) is 1.25. The molecule has 0 atom stereocenters. The number of benzene rings is 3. The molecular weight excluding hydrogens is 532 g/mol. The van der Waals surface area contributed by atoms with Crippen molar-refractivity contribution in [1.82, 2.24) is 0 Å². The van der Waals surface area contributed by atoms with Gasteiger partial charge in [-0.15, -0.1) is 0 Å². The number of ether oxygens (including phenoxy) is 2. The summed E-state index contributed by atoms with van der Waals surface area (Å²) in [7, 11) is 0. The van der Waals surface area contributed by atoms with Crippen LogP contribution in [0.4, 0.5) is 0 Å². The van der Waals surface area contributed by atoms with Gasteiger partial charge in [-0.05, 0) is 71.0 Å². The molecule has 0 aliphatic heterocycles. The zero-order chi connectivity index (χ0) is 21.5. The van der Waals surface area contributed by atoms with E-state index >= 15 is 0 Å². The van der Waals surface area contributed by atoms with Crippen LogP contribution < -0.4 is 9.47 Å². The fraction of sp³-hybridized carbons (Fsp3) is 0.125. The van der Waals surface area contributed by atoms with Gasteiger partial charge in [0.2, 0.25) is 0 Å². The topological polar surface area (TPSA) is 42.2 Å². The predicted molar refractivity (Wildman–Crippen MR) is 131 cm³/mol. The summed E-state index contributed by atoms with van der Waals surface area (Å²) in [5.41, 5.74) is 3.14. The lowest BCUT2D eigenvalue weighted by molar-refractivity contribution is 0.267. The predicted octanol–water partition coefficient (Wildman–Crippen LogP) is 7.64. The Hall–Kier alpha value is -2.20. The van der Waals surface area contributed by atoms with Crippen molar-refractivity contribution in [2.75, 3.05) is 6.61 Å². The van der Waals surface area contributed by atoms with Crippen molar-refractivity contribution < 1.29 is 9.47 Å². The molecule has 30 heavy (non-hydrogen) atoms. The first-order valence-corrected chi connectivity index (χ1v) is 11.1. The van der Waals surface area contributed by atoms with Crippen molar-refractivity contribution in [2.45, 2.75) is 13.5 Å². The molecule has 0 unspecified atom stereocenters. The van der Waals surface area contributed by atoms with Gasteiger partial charge in [0.25, 0.3) is 0 Å². The molecule has 0 saturated carbocycles. The van der Waals surface area contributed by atoms with Crippen LogP contribution in [0.2, 0.25) is 10.0 Å². The zero-order valence-electron chi connectivity index (χ0n) is 16.2. The van der Waals surface area contributed by atoms with Crippen LogP contribution in [0.3, 0.4) is 0 Å². The summed E-state index contributed by atoms with van der Waals surface area (Å²) >= 11 is 14.4. The minimum absolute atomic E-state index is 0.286. The highest BCUT2D eigenvalue weighted by molar-refractivity contribution is 14.1. The van der Waals surface area contributed by atoms with E-state index in [4.69, 9.17) is 32.7 Å². The first-order chi connectivity index (χ1) is 14.5. The molecule has 0 bridgehead atoms. The van der Waals surface area contributed by atoms with Crippen molar-refractivity contribution in [3.8, 4) is 17.6 Å². The van der Waals surface area contributed by atoms with Gasteiger partial charge in [-0.2, -0.15) is 5.26 Å². The van der Waals surface area contributed by atoms with Crippen LogP contribution in [0.15, 0.2) is 60.7 Å². The molecule has 6 heteroatoms. The molecule has 0 aliphatic rings. The Morgan fingerprint density at radius 3 is 2.50 bits per heavy atom. The SMILES string of the molecule is CCOc1cc(C=C(C#N)c2ccccc2)cc(I)c1OCc1ccc(Cl)cc1Cl. The normalized spacial score (nSPS) is 11.1. The van der Waals surface area contributed by atoms with Crippen LogP contribution in [0.5, 0.6) is 11.5 Å². The number of nitriles is 1. The monoisotopic (exact) mass is 549 g/mol. The van der Waals surface area contributed by atoms with E-state index < -0.39 is 0 Å². The lowest BCUT2D eigenvalue weighted by Crippen LogP contribution is -2.02. The van der Waals surface area contributed by atoms with Gasteiger partial charge in [0.15, 0.2) is 11.5 Å². The molecule has 3 aromatic rings. The summed E-state index contributed by atoms with van der Waals surface area (Å²) in [6.45, 7) is 2.69. The Bertz CT molecular complexity index is 1110. The molecule has 0 amide bonds. The van der Waals surface area contributed by atoms with Gasteiger partial charge in [0.05, 0.1) is 21.8 Å². The van der Waals surface area contributed by atoms with Gasteiger partial charge >= 0.3 is 0 Å². The van der Waals surface area contributed by atoms with Crippen molar-refractivity contribution in [1.29, 1.82) is 5.26 Å². The Kier molecular flexibility index (Phi) is 8.03. The number of hydrogen-bond donors (Lipinski definition) is 0. The summed E-state index contributed by atoms with van der Waals surface area (Å²) in [6, 6.07) is 21.0. The van der Waals surface area contributed by atoms with Gasteiger partial charge < -0.3 is 9.47 Å². The van der Waals surface area contributed by atoms with E-state index in [0.29, 0.717) is 33.7 Å². The molecule has 0 heterocycles. The number of halogens is 3. The third-order valence-corrected chi connectivity index (χ3v) is 5.62. The maximum Gasteiger partial charge on any atom is 0.175 e. The molecule has 0 saturated heterocycles. The summed E-state index contributed by atoms with van der Waals surface area (Å²) < 4.78 is 12.7. The van der Waals surface area contributed by atoms with E-state index in [9.17, 15) is 5.26 Å². The Balaban J connectivity index is 1.92. The fourth-order valence-corrected chi connectivity index (χ4v) is 4.07. The standard InChI is InChI=1S/C24H18Cl2INO2/c1-2-29-23-12-16(10-19(14-28)17-6-4-3-5-7-17)11-22(27)24(23)30-15-18-8-9-20(25)13-21(18)26/h3-13H,2,15H2,1H3. The second-order valence-corrected chi connectivity index (χ2v) is 8.33. The van der Waals surface area contributed by atoms with Gasteiger partial charge in [-0.25, -0.2) is 0 Å². The van der Waals surface area contributed by atoms with E-state index in [2.05, 4.69) is 28.7 Å². The fourth-order valence-electron chi connectivity index (χ4n) is 2.83. The molecule has 0 radical (unpaired) electrons. The maximum absolute atomic E-state index is 9.60. The summed E-state index contributed by atoms with van der Waals surface area (Å²) in [6.07, 6.45) is 1.85. The third kappa shape index (κ3) is 5.69. The van der Waals surface area contributed by atoms with E-state index in [1.807, 2.05) is 61.5 Å². The van der Waals surface area contributed by atoms with Gasteiger partial charge in [0.1, 0.15) is 6.61 Å². The molecule has 152 valence electrons. The Morgan fingerprint density at radius 1 is 1.07 bits per heavy atom. The van der Waals surface area contributed by atoms with E-state index in [1.54, 1.807) is 12.1 Å². The van der Waals surface area contributed by atoms with Crippen LogP contribution in [0.25, 0.3) is 11.6 Å². The summed E-state index contributed by atoms with van der Waals surface area (Å²) in [5, 5.41) is 10.7. The van der Waals surface area contributed by atoms with Crippen LogP contribution in [0.1, 0.15) is 23.6 Å². The molecular formula is C24H18Cl2INO2. The molecule has 3 nitrogen and oxygen atoms in total. The van der Waals surface area contributed by atoms with Crippen molar-refractivity contribution in [3.05, 3.63) is 91.0 Å². The average Bonchev–Trinajstić information content (AvgIpc) is 2.73. The highest BCUT2D eigenvalue weighted by Crippen LogP contribution is 2.36. The lowest BCUT2D eigenvalue weighted by Gasteiger charge is -2.15. The molecule has 0 fully saturated rings. The minimum Gasteiger partial charge on any atom is -0.490 e. The van der Waals surface area contributed by atoms with Crippen molar-refractivity contribution in [3.63, 3.8) is 0 Å². The highest BCUT2D eigenvalue weighted by Gasteiger charge is 2.14. The molecule has 0 aliphatic carbocycles. The second kappa shape index (κ2) is 10.7. The largest absolute Gasteiger partial charge is 0.490 e. The van der Waals surface area contributed by atoms with Crippen molar-refractivity contribution >= 4 is 57.4 Å². The number of hydrogen-bond acceptors (Lipinski definition) is 3. The van der Waals surface area contributed by atoms with Gasteiger partial charge in [0, 0.05) is 15.6 Å². The molecule has 0 spiro atoms. The smallest absolute Gasteiger partial charge is 0.175 e. The Labute approximate surface area is 200 Å². The number of rotatable bonds is 7. The van der Waals surface area contributed by atoms with Gasteiger partial charge in [-0.1, -0.05) is 59.6 Å². The Morgan fingerprint density at radius 2 is 1.83 bits per heavy atom. The average molecular weight is 550 g/mol. The number of allylic oxidation sites excluding steroid dienone is 1. The maximum atomic E-state index is 9.60. The first-order valence-electron chi connectivity index (χ1n) is 9.22. The van der Waals surface area contributed by atoms with E-state index in [0.717, 1.165) is 20.3 Å². The first kappa shape index (κ1) is 22.5. The quantitative estimate of drug-likeness (QED) is 0.173. The lowest BCUT2D eigenvalue weighted by atomic mass is 10.0. The minimum atomic E-state index is 0.286.